The normalized spacial score (nSPS) is 23.6. The van der Waals surface area contributed by atoms with Crippen molar-refractivity contribution in [3.8, 4) is 0 Å². The average molecular weight is 355 g/mol. The molecular formula is C17H26NO5P. The third-order valence-corrected chi connectivity index (χ3v) is 6.22. The molecule has 0 aromatic heterocycles. The number of carbonyl (C=O) groups is 1. The largest absolute Gasteiger partial charge is 0.478 e. The van der Waals surface area contributed by atoms with Crippen LogP contribution in [0.3, 0.4) is 0 Å². The van der Waals surface area contributed by atoms with E-state index in [1.165, 1.54) is 0 Å². The van der Waals surface area contributed by atoms with Gasteiger partial charge in [0.2, 0.25) is 7.37 Å². The van der Waals surface area contributed by atoms with Crippen molar-refractivity contribution < 1.29 is 24.1 Å². The first kappa shape index (κ1) is 19.1. The van der Waals surface area contributed by atoms with E-state index in [0.29, 0.717) is 31.3 Å². The summed E-state index contributed by atoms with van der Waals surface area (Å²) in [6.45, 7) is 2.92. The van der Waals surface area contributed by atoms with E-state index in [4.69, 9.17) is 4.74 Å². The van der Waals surface area contributed by atoms with Gasteiger partial charge in [-0.3, -0.25) is 4.57 Å². The highest BCUT2D eigenvalue weighted by Crippen LogP contribution is 2.42. The van der Waals surface area contributed by atoms with Crippen molar-refractivity contribution in [2.75, 3.05) is 25.5 Å². The number of carboxylic acids is 1. The Bertz CT molecular complexity index is 598. The molecule has 1 aromatic carbocycles. The number of hydrogen-bond donors (Lipinski definition) is 3. The van der Waals surface area contributed by atoms with E-state index in [2.05, 4.69) is 5.32 Å². The maximum atomic E-state index is 12.1. The van der Waals surface area contributed by atoms with Gasteiger partial charge in [0.15, 0.2) is 0 Å². The minimum Gasteiger partial charge on any atom is -0.478 e. The Morgan fingerprint density at radius 3 is 2.79 bits per heavy atom. The van der Waals surface area contributed by atoms with Gasteiger partial charge in [0.25, 0.3) is 0 Å². The molecule has 1 heterocycles. The van der Waals surface area contributed by atoms with Crippen LogP contribution in [0.4, 0.5) is 0 Å². The maximum absolute atomic E-state index is 12.1. The predicted molar refractivity (Wildman–Crippen MR) is 93.1 cm³/mol. The Hall–Kier alpha value is -1.20. The van der Waals surface area contributed by atoms with Crippen molar-refractivity contribution in [2.45, 2.75) is 38.3 Å². The van der Waals surface area contributed by atoms with Crippen LogP contribution in [0.25, 0.3) is 0 Å². The molecule has 1 fully saturated rings. The summed E-state index contributed by atoms with van der Waals surface area (Å²) in [7, 11) is -3.13. The molecule has 1 aromatic rings. The second-order valence-corrected chi connectivity index (χ2v) is 8.84. The molecule has 0 saturated carbocycles. The number of unbranched alkanes of at least 4 members (excludes halogenated alkanes) is 1. The summed E-state index contributed by atoms with van der Waals surface area (Å²) in [5, 5.41) is 12.5. The molecule has 134 valence electrons. The molecule has 3 N–H and O–H groups in total. The van der Waals surface area contributed by atoms with Gasteiger partial charge in [-0.1, -0.05) is 31.5 Å². The van der Waals surface area contributed by atoms with Gasteiger partial charge in [-0.15, -0.1) is 0 Å². The number of hydrogen-bond acceptors (Lipinski definition) is 4. The zero-order valence-electron chi connectivity index (χ0n) is 14.0. The highest BCUT2D eigenvalue weighted by Gasteiger charge is 2.28. The van der Waals surface area contributed by atoms with Crippen molar-refractivity contribution in [1.82, 2.24) is 5.32 Å². The van der Waals surface area contributed by atoms with Crippen LogP contribution in [0.5, 0.6) is 0 Å². The smallest absolute Gasteiger partial charge is 0.335 e. The lowest BCUT2D eigenvalue weighted by atomic mass is 10.00. The fourth-order valence-corrected chi connectivity index (χ4v) is 4.77. The molecule has 7 heteroatoms. The Morgan fingerprint density at radius 1 is 1.42 bits per heavy atom. The molecule has 1 saturated heterocycles. The topological polar surface area (TPSA) is 95.9 Å². The summed E-state index contributed by atoms with van der Waals surface area (Å²) in [6.07, 6.45) is 2.48. The number of nitrogens with one attached hydrogen (secondary N) is 1. The van der Waals surface area contributed by atoms with E-state index < -0.39 is 13.3 Å². The summed E-state index contributed by atoms with van der Waals surface area (Å²) in [6, 6.07) is 6.95. The first-order chi connectivity index (χ1) is 11.4. The third kappa shape index (κ3) is 5.71. The highest BCUT2D eigenvalue weighted by molar-refractivity contribution is 7.58. The molecule has 6 nitrogen and oxygen atoms in total. The Kier molecular flexibility index (Phi) is 6.99. The quantitative estimate of drug-likeness (QED) is 0.620. The van der Waals surface area contributed by atoms with Gasteiger partial charge < -0.3 is 20.1 Å². The van der Waals surface area contributed by atoms with Crippen molar-refractivity contribution >= 4 is 13.3 Å². The fraction of sp³-hybridized carbons (Fsp3) is 0.588. The van der Waals surface area contributed by atoms with E-state index in [0.717, 1.165) is 18.4 Å². The van der Waals surface area contributed by atoms with Crippen LogP contribution >= 0.6 is 7.37 Å². The van der Waals surface area contributed by atoms with Gasteiger partial charge in [-0.05, 0) is 24.5 Å². The second-order valence-electron chi connectivity index (χ2n) is 6.33. The fourth-order valence-electron chi connectivity index (χ4n) is 2.90. The zero-order chi connectivity index (χ0) is 17.6. The summed E-state index contributed by atoms with van der Waals surface area (Å²) in [4.78, 5) is 21.2. The standard InChI is InChI=1S/C17H26NO5P/c1-2-3-8-24(21,22)12-15-10-18-14(11-23-15)9-13-6-4-5-7-16(13)17(19)20/h4-7,14-15,18H,2-3,8-12H2,1H3,(H,19,20)(H,21,22)/t14-,15-/m1/s1. The van der Waals surface area contributed by atoms with Crippen molar-refractivity contribution in [3.63, 3.8) is 0 Å². The van der Waals surface area contributed by atoms with Crippen molar-refractivity contribution in [3.05, 3.63) is 35.4 Å². The Balaban J connectivity index is 1.85. The predicted octanol–water partition coefficient (Wildman–Crippen LogP) is 2.35. The lowest BCUT2D eigenvalue weighted by Crippen LogP contribution is -2.48. The molecule has 1 unspecified atom stereocenters. The first-order valence-corrected chi connectivity index (χ1v) is 10.4. The molecule has 0 radical (unpaired) electrons. The van der Waals surface area contributed by atoms with Gasteiger partial charge in [0, 0.05) is 18.7 Å². The molecule has 24 heavy (non-hydrogen) atoms. The third-order valence-electron chi connectivity index (χ3n) is 4.23. The van der Waals surface area contributed by atoms with Gasteiger partial charge in [0.05, 0.1) is 24.4 Å². The molecule has 1 aliphatic rings. The zero-order valence-corrected chi connectivity index (χ0v) is 14.9. The van der Waals surface area contributed by atoms with E-state index >= 15 is 0 Å². The van der Waals surface area contributed by atoms with Gasteiger partial charge >= 0.3 is 5.97 Å². The van der Waals surface area contributed by atoms with Crippen LogP contribution in [-0.2, 0) is 15.7 Å². The Morgan fingerprint density at radius 2 is 2.17 bits per heavy atom. The number of carboxylic acid groups (broad SMARTS) is 1. The highest BCUT2D eigenvalue weighted by atomic mass is 31.2. The number of rotatable bonds is 8. The monoisotopic (exact) mass is 355 g/mol. The van der Waals surface area contributed by atoms with Gasteiger partial charge in [-0.25, -0.2) is 4.79 Å². The number of morpholine rings is 1. The average Bonchev–Trinajstić information content (AvgIpc) is 2.55. The number of benzene rings is 1. The van der Waals surface area contributed by atoms with Crippen molar-refractivity contribution in [1.29, 1.82) is 0 Å². The SMILES string of the molecule is CCCCP(=O)(O)C[C@H]1CN[C@H](Cc2ccccc2C(=O)O)CO1. The summed E-state index contributed by atoms with van der Waals surface area (Å²) in [5.74, 6) is -0.933. The van der Waals surface area contributed by atoms with Crippen LogP contribution < -0.4 is 5.32 Å². The molecule has 0 amide bonds. The molecule has 3 atom stereocenters. The molecule has 0 aliphatic carbocycles. The minimum atomic E-state index is -3.13. The molecule has 2 rings (SSSR count). The minimum absolute atomic E-state index is 0.00969. The summed E-state index contributed by atoms with van der Waals surface area (Å²) >= 11 is 0. The van der Waals surface area contributed by atoms with Crippen LogP contribution in [0.15, 0.2) is 24.3 Å². The van der Waals surface area contributed by atoms with Crippen LogP contribution in [0.1, 0.15) is 35.7 Å². The lowest BCUT2D eigenvalue weighted by Gasteiger charge is -2.31. The van der Waals surface area contributed by atoms with E-state index in [1.807, 2.05) is 19.1 Å². The van der Waals surface area contributed by atoms with Crippen LogP contribution in [0.2, 0.25) is 0 Å². The molecule has 0 bridgehead atoms. The molecule has 1 aliphatic heterocycles. The first-order valence-electron chi connectivity index (χ1n) is 8.38. The number of ether oxygens (including phenoxy) is 1. The van der Waals surface area contributed by atoms with Crippen molar-refractivity contribution in [2.24, 2.45) is 0 Å². The van der Waals surface area contributed by atoms with Crippen LogP contribution in [0, 0.1) is 0 Å². The maximum Gasteiger partial charge on any atom is 0.335 e. The van der Waals surface area contributed by atoms with E-state index in [1.54, 1.807) is 12.1 Å². The van der Waals surface area contributed by atoms with E-state index in [9.17, 15) is 19.4 Å². The number of aromatic carboxylic acids is 1. The summed E-state index contributed by atoms with van der Waals surface area (Å²) < 4.78 is 17.9. The summed E-state index contributed by atoms with van der Waals surface area (Å²) in [5.41, 5.74) is 1.07. The van der Waals surface area contributed by atoms with E-state index in [-0.39, 0.29) is 18.3 Å². The second kappa shape index (κ2) is 8.77. The Labute approximate surface area is 142 Å². The lowest BCUT2D eigenvalue weighted by molar-refractivity contribution is 0.0162. The molecular weight excluding hydrogens is 329 g/mol. The van der Waals surface area contributed by atoms with Gasteiger partial charge in [0.1, 0.15) is 0 Å². The molecule has 0 spiro atoms. The van der Waals surface area contributed by atoms with Crippen LogP contribution in [-0.4, -0.2) is 53.6 Å². The van der Waals surface area contributed by atoms with Gasteiger partial charge in [-0.2, -0.15) is 0 Å².